The van der Waals surface area contributed by atoms with Crippen LogP contribution in [0.4, 0.5) is 0 Å². The molecular formula is C45H44O14. The fraction of sp³-hybridized carbons (Fsp3) is 0.244. The number of ether oxygens (including phenoxy) is 4. The largest absolute Gasteiger partial charge is 0.508 e. The van der Waals surface area contributed by atoms with Crippen LogP contribution in [0.5, 0.6) is 46.0 Å². The van der Waals surface area contributed by atoms with Gasteiger partial charge in [-0.1, -0.05) is 23.8 Å². The van der Waals surface area contributed by atoms with Crippen molar-refractivity contribution in [2.24, 2.45) is 0 Å². The second kappa shape index (κ2) is 16.7. The molecule has 1 aliphatic rings. The van der Waals surface area contributed by atoms with E-state index in [-0.39, 0.29) is 62.0 Å². The highest BCUT2D eigenvalue weighted by molar-refractivity contribution is 6.03. The Labute approximate surface area is 338 Å². The number of benzene rings is 4. The summed E-state index contributed by atoms with van der Waals surface area (Å²) in [6.45, 7) is 12.2. The molecule has 0 fully saturated rings. The fourth-order valence-electron chi connectivity index (χ4n) is 6.61. The maximum absolute atomic E-state index is 12.9. The number of rotatable bonds is 9. The lowest BCUT2D eigenvalue weighted by molar-refractivity contribution is 0.0681. The average Bonchev–Trinajstić information content (AvgIpc) is 3.16. The van der Waals surface area contributed by atoms with Crippen LogP contribution in [0.25, 0.3) is 28.2 Å². The van der Waals surface area contributed by atoms with Gasteiger partial charge in [-0.15, -0.1) is 0 Å². The number of esters is 1. The molecule has 0 atom stereocenters. The van der Waals surface area contributed by atoms with Gasteiger partial charge in [-0.25, -0.2) is 14.4 Å². The molecule has 4 aromatic carbocycles. The Morgan fingerprint density at radius 2 is 1.51 bits per heavy atom. The molecule has 0 spiro atoms. The third-order valence-corrected chi connectivity index (χ3v) is 9.62. The molecule has 0 unspecified atom stereocenters. The topological polar surface area (TPSA) is 219 Å². The summed E-state index contributed by atoms with van der Waals surface area (Å²) in [5.74, 6) is -2.60. The highest BCUT2D eigenvalue weighted by atomic mass is 16.5. The van der Waals surface area contributed by atoms with E-state index in [0.29, 0.717) is 46.3 Å². The lowest BCUT2D eigenvalue weighted by Gasteiger charge is -2.31. The molecule has 14 nitrogen and oxygen atoms in total. The molecule has 0 amide bonds. The fourth-order valence-corrected chi connectivity index (χ4v) is 6.61. The number of phenolic OH excluding ortho intramolecular Hbond substituents is 2. The minimum absolute atomic E-state index is 0.00458. The molecule has 0 saturated heterocycles. The first-order valence-electron chi connectivity index (χ1n) is 18.1. The van der Waals surface area contributed by atoms with Gasteiger partial charge in [0.15, 0.2) is 11.9 Å². The number of carbonyl (C=O) groups is 3. The Balaban J connectivity index is 0.000000228. The summed E-state index contributed by atoms with van der Waals surface area (Å²) in [6, 6.07) is 8.70. The molecule has 0 bridgehead atoms. The molecular weight excluding hydrogens is 764 g/mol. The maximum atomic E-state index is 12.9. The van der Waals surface area contributed by atoms with E-state index in [9.17, 15) is 44.7 Å². The van der Waals surface area contributed by atoms with E-state index < -0.39 is 34.7 Å². The van der Waals surface area contributed by atoms with Crippen LogP contribution in [-0.4, -0.2) is 63.6 Å². The molecule has 6 rings (SSSR count). The summed E-state index contributed by atoms with van der Waals surface area (Å²) in [4.78, 5) is 48.1. The quantitative estimate of drug-likeness (QED) is 0.0311. The van der Waals surface area contributed by atoms with Gasteiger partial charge in [-0.05, 0) is 108 Å². The van der Waals surface area contributed by atoms with Crippen LogP contribution >= 0.6 is 0 Å². The van der Waals surface area contributed by atoms with Crippen molar-refractivity contribution >= 4 is 35.3 Å². The van der Waals surface area contributed by atoms with Gasteiger partial charge in [0.2, 0.25) is 0 Å². The van der Waals surface area contributed by atoms with E-state index >= 15 is 0 Å². The van der Waals surface area contributed by atoms with E-state index in [1.54, 1.807) is 12.1 Å². The van der Waals surface area contributed by atoms with Crippen molar-refractivity contribution in [1.29, 1.82) is 0 Å². The molecule has 0 aliphatic carbocycles. The zero-order valence-electron chi connectivity index (χ0n) is 33.9. The van der Waals surface area contributed by atoms with E-state index in [0.717, 1.165) is 11.1 Å². The number of carboxylic acid groups (broad SMARTS) is 1. The number of phenols is 3. The normalized spacial score (nSPS) is 12.4. The number of fused-ring (bicyclic) bond motifs is 3. The molecule has 0 radical (unpaired) electrons. The highest BCUT2D eigenvalue weighted by Crippen LogP contribution is 2.49. The number of hydrogen-bond acceptors (Lipinski definition) is 13. The van der Waals surface area contributed by atoms with Crippen LogP contribution in [0, 0.1) is 20.8 Å². The number of aryl methyl sites for hydroxylation is 2. The summed E-state index contributed by atoms with van der Waals surface area (Å²) in [7, 11) is 2.83. The summed E-state index contributed by atoms with van der Waals surface area (Å²) in [6.07, 6.45) is 6.66. The van der Waals surface area contributed by atoms with E-state index in [1.165, 1.54) is 59.3 Å². The Bertz CT molecular complexity index is 2640. The van der Waals surface area contributed by atoms with Crippen molar-refractivity contribution < 1.29 is 63.3 Å². The van der Waals surface area contributed by atoms with Crippen LogP contribution in [-0.2, 0) is 6.42 Å². The van der Waals surface area contributed by atoms with Gasteiger partial charge < -0.3 is 48.9 Å². The van der Waals surface area contributed by atoms with Crippen molar-refractivity contribution in [3.63, 3.8) is 0 Å². The summed E-state index contributed by atoms with van der Waals surface area (Å²) >= 11 is 0. The first-order chi connectivity index (χ1) is 27.8. The van der Waals surface area contributed by atoms with E-state index in [2.05, 4.69) is 6.08 Å². The molecule has 5 aromatic rings. The molecule has 1 aromatic heterocycles. The number of methoxy groups -OCH3 is 2. The van der Waals surface area contributed by atoms with Crippen molar-refractivity contribution in [3.05, 3.63) is 109 Å². The Morgan fingerprint density at radius 1 is 0.864 bits per heavy atom. The smallest absolute Gasteiger partial charge is 0.348 e. The molecule has 1 aliphatic heterocycles. The Kier molecular flexibility index (Phi) is 12.2. The van der Waals surface area contributed by atoms with Crippen molar-refractivity contribution in [2.45, 2.75) is 60.5 Å². The molecule has 0 saturated carbocycles. The standard InChI is InChI=1S/C26H26O6.C19H18O8/c1-14(2)6-11-17-22-18(12-13-26(3,4)32-22)24-20(23(17)30-5)21(28)19(25(29)31-24)15-7-9-16(27)10-8-15;1-8-5-13(26-4)11(7-20)17(22)14(8)19(25)27-12-6-9(2)16(21)15(10(12)3)18(23)24/h6-10,12-13,27-28H,11H2,1-5H3;5-7,21-22H,1-4H3,(H,23,24). The van der Waals surface area contributed by atoms with Crippen molar-refractivity contribution in [1.82, 2.24) is 0 Å². The number of aldehydes is 1. The first kappa shape index (κ1) is 42.9. The lowest BCUT2D eigenvalue weighted by atomic mass is 9.93. The third kappa shape index (κ3) is 8.28. The number of aromatic carboxylic acids is 1. The molecule has 59 heavy (non-hydrogen) atoms. The van der Waals surface area contributed by atoms with Crippen LogP contribution in [0.3, 0.4) is 0 Å². The lowest BCUT2D eigenvalue weighted by Crippen LogP contribution is -2.28. The minimum Gasteiger partial charge on any atom is -0.508 e. The van der Waals surface area contributed by atoms with Crippen molar-refractivity contribution in [3.8, 4) is 57.1 Å². The van der Waals surface area contributed by atoms with Gasteiger partial charge in [0.1, 0.15) is 73.7 Å². The van der Waals surface area contributed by atoms with Gasteiger partial charge in [-0.2, -0.15) is 0 Å². The van der Waals surface area contributed by atoms with Gasteiger partial charge in [0, 0.05) is 11.1 Å². The van der Waals surface area contributed by atoms with Gasteiger partial charge >= 0.3 is 17.6 Å². The van der Waals surface area contributed by atoms with Gasteiger partial charge in [0.25, 0.3) is 0 Å². The maximum Gasteiger partial charge on any atom is 0.348 e. The molecule has 5 N–H and O–H groups in total. The van der Waals surface area contributed by atoms with Gasteiger partial charge in [-0.3, -0.25) is 4.79 Å². The van der Waals surface area contributed by atoms with Crippen LogP contribution in [0.1, 0.15) is 86.6 Å². The minimum atomic E-state index is -1.38. The molecule has 308 valence electrons. The number of allylic oxidation sites excluding steroid dienone is 2. The number of carboxylic acids is 1. The SMILES string of the molecule is COc1c(CC=C(C)C)c2c(c3oc(=O)c(-c4ccc(O)cc4)c(O)c13)C=CC(C)(C)O2.COc1cc(C)c(C(=O)Oc2cc(C)c(O)c(C(=O)O)c2C)c(O)c1C=O. The van der Waals surface area contributed by atoms with Crippen LogP contribution < -0.4 is 24.6 Å². The highest BCUT2D eigenvalue weighted by Gasteiger charge is 2.32. The second-order valence-electron chi connectivity index (χ2n) is 14.5. The van der Waals surface area contributed by atoms with Crippen LogP contribution in [0.15, 0.2) is 63.3 Å². The number of aromatic hydroxyl groups is 4. The van der Waals surface area contributed by atoms with Crippen molar-refractivity contribution in [2.75, 3.05) is 14.2 Å². The summed E-state index contributed by atoms with van der Waals surface area (Å²) in [5.41, 5.74) is 1.55. The average molecular weight is 809 g/mol. The molecule has 2 heterocycles. The number of carbonyl (C=O) groups excluding carboxylic acids is 2. The Morgan fingerprint density at radius 3 is 2.08 bits per heavy atom. The monoisotopic (exact) mass is 808 g/mol. The predicted molar refractivity (Wildman–Crippen MR) is 219 cm³/mol. The second-order valence-corrected chi connectivity index (χ2v) is 14.5. The van der Waals surface area contributed by atoms with E-state index in [4.69, 9.17) is 23.4 Å². The Hall–Kier alpha value is -7.22. The zero-order valence-corrected chi connectivity index (χ0v) is 33.9. The predicted octanol–water partition coefficient (Wildman–Crippen LogP) is 8.33. The summed E-state index contributed by atoms with van der Waals surface area (Å²) < 4.78 is 28.0. The third-order valence-electron chi connectivity index (χ3n) is 9.62. The van der Waals surface area contributed by atoms with Crippen LogP contribution in [0.2, 0.25) is 0 Å². The zero-order chi connectivity index (χ0) is 43.7. The van der Waals surface area contributed by atoms with E-state index in [1.807, 2.05) is 39.8 Å². The number of hydrogen-bond donors (Lipinski definition) is 5. The first-order valence-corrected chi connectivity index (χ1v) is 18.1. The van der Waals surface area contributed by atoms with Gasteiger partial charge in [0.05, 0.1) is 25.3 Å². The molecule has 14 heteroatoms. The summed E-state index contributed by atoms with van der Waals surface area (Å²) in [5, 5.41) is 50.7.